The molecule has 23 heavy (non-hydrogen) atoms. The van der Waals surface area contributed by atoms with E-state index < -0.39 is 0 Å². The van der Waals surface area contributed by atoms with E-state index in [0.717, 1.165) is 6.42 Å². The van der Waals surface area contributed by atoms with Crippen LogP contribution in [0.1, 0.15) is 11.1 Å². The molecule has 3 heteroatoms. The smallest absolute Gasteiger partial charge is 1.00 e. The minimum Gasteiger partial charge on any atom is -1.00 e. The van der Waals surface area contributed by atoms with Gasteiger partial charge in [-0.15, -0.1) is 18.7 Å². The summed E-state index contributed by atoms with van der Waals surface area (Å²) in [5.41, 5.74) is 5.51. The second kappa shape index (κ2) is 13.3. The maximum Gasteiger partial charge on any atom is 4.00 e. The Kier molecular flexibility index (Phi) is 13.9. The molecule has 0 unspecified atom stereocenters. The van der Waals surface area contributed by atoms with Crippen LogP contribution in [-0.4, -0.2) is 0 Å². The molecule has 0 saturated heterocycles. The monoisotopic (exact) mass is 376 g/mol. The van der Waals surface area contributed by atoms with E-state index in [0.29, 0.717) is 0 Å². The van der Waals surface area contributed by atoms with Gasteiger partial charge in [0.05, 0.1) is 0 Å². The first kappa shape index (κ1) is 24.1. The van der Waals surface area contributed by atoms with Crippen LogP contribution >= 0.6 is 0 Å². The molecule has 4 rings (SSSR count). The Hall–Kier alpha value is -1.18. The zero-order chi connectivity index (χ0) is 14.2. The van der Waals surface area contributed by atoms with Crippen LogP contribution in [0.4, 0.5) is 0 Å². The van der Waals surface area contributed by atoms with Crippen LogP contribution in [0.2, 0.25) is 0 Å². The van der Waals surface area contributed by atoms with Gasteiger partial charge in [0.1, 0.15) is 0 Å². The molecule has 0 aliphatic heterocycles. The predicted octanol–water partition coefficient (Wildman–Crippen LogP) is -0.729. The normalized spacial score (nSPS) is 8.87. The molecule has 0 spiro atoms. The Labute approximate surface area is 166 Å². The van der Waals surface area contributed by atoms with Crippen molar-refractivity contribution in [3.8, 4) is 11.1 Å². The largest absolute Gasteiger partial charge is 4.00 e. The average Bonchev–Trinajstić information content (AvgIpc) is 3.20. The fraction of sp³-hybridized carbons (Fsp3) is 0.0500. The predicted molar refractivity (Wildman–Crippen MR) is 86.8 cm³/mol. The molecule has 0 aromatic heterocycles. The van der Waals surface area contributed by atoms with Gasteiger partial charge in [0.25, 0.3) is 0 Å². The fourth-order valence-corrected chi connectivity index (χ4v) is 2.32. The average molecular weight is 377 g/mol. The van der Waals surface area contributed by atoms with E-state index in [2.05, 4.69) is 55.6 Å². The summed E-state index contributed by atoms with van der Waals surface area (Å²) in [6, 6.07) is 28.1. The van der Waals surface area contributed by atoms with Crippen molar-refractivity contribution in [1.82, 2.24) is 0 Å². The third-order valence-corrected chi connectivity index (χ3v) is 3.17. The minimum atomic E-state index is 0. The van der Waals surface area contributed by atoms with Gasteiger partial charge in [-0.2, -0.15) is 48.0 Å². The van der Waals surface area contributed by atoms with Crippen molar-refractivity contribution in [3.05, 3.63) is 103 Å². The third-order valence-electron chi connectivity index (χ3n) is 3.17. The van der Waals surface area contributed by atoms with Gasteiger partial charge in [0.2, 0.25) is 0 Å². The quantitative estimate of drug-likeness (QED) is 0.216. The van der Waals surface area contributed by atoms with Crippen LogP contribution in [0, 0.1) is 6.07 Å². The first-order valence-corrected chi connectivity index (χ1v) is 6.70. The molecule has 0 amide bonds. The molecule has 1 aliphatic rings. The van der Waals surface area contributed by atoms with E-state index in [1.165, 1.54) is 22.3 Å². The van der Waals surface area contributed by atoms with Crippen molar-refractivity contribution in [1.29, 1.82) is 0 Å². The standard InChI is InChI=1S/C13H9.C5H5.C2H4.2ClH.Ti/c1-3-7-12-10(5-1)9-11-6-2-4-8-13(11)12;1-2-4-5-3-1;1-2;;;/h1-5,7-8H,9H2;1-5H;1-2H2;2*1H;/q2*-1;;;;+4/p-2. The SMILES string of the molecule is C=C.[Cl-].[Cl-].[Ti+4].[c-]1cccc2c1Cc1ccccc1-2.c1cc[cH-]c1. The molecular weight excluding hydrogens is 359 g/mol. The fourth-order valence-electron chi connectivity index (χ4n) is 2.32. The molecule has 1 aliphatic carbocycles. The van der Waals surface area contributed by atoms with Crippen molar-refractivity contribution in [2.24, 2.45) is 0 Å². The van der Waals surface area contributed by atoms with Gasteiger partial charge in [0, 0.05) is 0 Å². The molecule has 0 bridgehead atoms. The van der Waals surface area contributed by atoms with Crippen LogP contribution in [0.3, 0.4) is 0 Å². The van der Waals surface area contributed by atoms with Gasteiger partial charge in [-0.25, -0.2) is 12.1 Å². The number of hydrogen-bond acceptors (Lipinski definition) is 0. The molecule has 0 radical (unpaired) electrons. The van der Waals surface area contributed by atoms with Crippen molar-refractivity contribution in [2.75, 3.05) is 0 Å². The first-order valence-electron chi connectivity index (χ1n) is 6.70. The van der Waals surface area contributed by atoms with E-state index in [1.807, 2.05) is 36.4 Å². The Bertz CT molecular complexity index is 588. The van der Waals surface area contributed by atoms with Crippen LogP contribution in [0.5, 0.6) is 0 Å². The number of halogens is 2. The van der Waals surface area contributed by atoms with Gasteiger partial charge in [-0.1, -0.05) is 35.4 Å². The molecule has 3 aromatic carbocycles. The van der Waals surface area contributed by atoms with Gasteiger partial charge < -0.3 is 24.8 Å². The van der Waals surface area contributed by atoms with E-state index in [-0.39, 0.29) is 46.5 Å². The second-order valence-corrected chi connectivity index (χ2v) is 4.36. The van der Waals surface area contributed by atoms with Gasteiger partial charge in [0.15, 0.2) is 0 Å². The van der Waals surface area contributed by atoms with Gasteiger partial charge in [-0.05, 0) is 6.42 Å². The van der Waals surface area contributed by atoms with Crippen LogP contribution in [0.15, 0.2) is 86.0 Å². The van der Waals surface area contributed by atoms with Crippen molar-refractivity contribution in [2.45, 2.75) is 6.42 Å². The summed E-state index contributed by atoms with van der Waals surface area (Å²) in [6.45, 7) is 6.00. The van der Waals surface area contributed by atoms with E-state index in [4.69, 9.17) is 0 Å². The van der Waals surface area contributed by atoms with Gasteiger partial charge in [-0.3, -0.25) is 0 Å². The molecule has 0 heterocycles. The number of hydrogen-bond donors (Lipinski definition) is 0. The maximum atomic E-state index is 3.30. The summed E-state index contributed by atoms with van der Waals surface area (Å²) in [5.74, 6) is 0. The molecule has 116 valence electrons. The van der Waals surface area contributed by atoms with Crippen LogP contribution < -0.4 is 24.8 Å². The van der Waals surface area contributed by atoms with Crippen molar-refractivity contribution < 1.29 is 46.5 Å². The van der Waals surface area contributed by atoms with Crippen molar-refractivity contribution in [3.63, 3.8) is 0 Å². The van der Waals surface area contributed by atoms with Crippen LogP contribution in [-0.2, 0) is 28.1 Å². The minimum absolute atomic E-state index is 0. The molecule has 3 aromatic rings. The molecular formula is C20H18Cl2Ti. The van der Waals surface area contributed by atoms with Crippen molar-refractivity contribution >= 4 is 0 Å². The van der Waals surface area contributed by atoms with E-state index in [9.17, 15) is 0 Å². The zero-order valence-electron chi connectivity index (χ0n) is 12.8. The summed E-state index contributed by atoms with van der Waals surface area (Å²) < 4.78 is 0. The Morgan fingerprint density at radius 1 is 0.826 bits per heavy atom. The Morgan fingerprint density at radius 3 is 2.04 bits per heavy atom. The van der Waals surface area contributed by atoms with Gasteiger partial charge >= 0.3 is 21.7 Å². The summed E-state index contributed by atoms with van der Waals surface area (Å²) in [5, 5.41) is 0. The molecule has 0 saturated carbocycles. The number of fused-ring (bicyclic) bond motifs is 3. The van der Waals surface area contributed by atoms with Crippen LogP contribution in [0.25, 0.3) is 11.1 Å². The topological polar surface area (TPSA) is 0 Å². The summed E-state index contributed by atoms with van der Waals surface area (Å²) in [7, 11) is 0. The molecule has 0 nitrogen and oxygen atoms in total. The Balaban J connectivity index is 0. The second-order valence-electron chi connectivity index (χ2n) is 4.36. The molecule has 0 N–H and O–H groups in total. The molecule has 0 fully saturated rings. The van der Waals surface area contributed by atoms with E-state index in [1.54, 1.807) is 0 Å². The number of benzene rings is 2. The Morgan fingerprint density at radius 2 is 1.43 bits per heavy atom. The van der Waals surface area contributed by atoms with E-state index >= 15 is 0 Å². The maximum absolute atomic E-state index is 3.30. The molecule has 0 atom stereocenters. The zero-order valence-corrected chi connectivity index (χ0v) is 15.9. The summed E-state index contributed by atoms with van der Waals surface area (Å²) in [6.07, 6.45) is 1.05. The first-order chi connectivity index (χ1) is 9.95. The summed E-state index contributed by atoms with van der Waals surface area (Å²) >= 11 is 0. The number of rotatable bonds is 0. The summed E-state index contributed by atoms with van der Waals surface area (Å²) in [4.78, 5) is 0. The third kappa shape index (κ3) is 6.45.